The molecule has 96 valence electrons. The lowest BCUT2D eigenvalue weighted by Gasteiger charge is -2.05. The number of imidazole rings is 1. The SMILES string of the molecule is Cc1nc(S(=O)(=O)Nc2ncccc2Br)cn1C. The van der Waals surface area contributed by atoms with Crippen LogP contribution in [0.3, 0.4) is 0 Å². The summed E-state index contributed by atoms with van der Waals surface area (Å²) in [6, 6.07) is 3.40. The first-order valence-electron chi connectivity index (χ1n) is 5.03. The normalized spacial score (nSPS) is 11.5. The van der Waals surface area contributed by atoms with Crippen molar-refractivity contribution in [2.24, 2.45) is 7.05 Å². The molecule has 0 aliphatic heterocycles. The van der Waals surface area contributed by atoms with Crippen LogP contribution in [0.25, 0.3) is 0 Å². The summed E-state index contributed by atoms with van der Waals surface area (Å²) in [6.07, 6.45) is 2.96. The van der Waals surface area contributed by atoms with Crippen molar-refractivity contribution < 1.29 is 8.42 Å². The van der Waals surface area contributed by atoms with Gasteiger partial charge in [-0.3, -0.25) is 4.72 Å². The molecule has 0 aliphatic rings. The van der Waals surface area contributed by atoms with E-state index in [0.717, 1.165) is 0 Å². The molecule has 0 bridgehead atoms. The molecule has 18 heavy (non-hydrogen) atoms. The number of pyridine rings is 1. The maximum atomic E-state index is 12.1. The molecule has 0 radical (unpaired) electrons. The van der Waals surface area contributed by atoms with Crippen LogP contribution in [0.1, 0.15) is 5.82 Å². The zero-order valence-corrected chi connectivity index (χ0v) is 12.2. The maximum Gasteiger partial charge on any atom is 0.282 e. The van der Waals surface area contributed by atoms with Gasteiger partial charge in [0.1, 0.15) is 5.82 Å². The third kappa shape index (κ3) is 2.54. The Morgan fingerprint density at radius 3 is 2.72 bits per heavy atom. The topological polar surface area (TPSA) is 76.9 Å². The molecule has 6 nitrogen and oxygen atoms in total. The Labute approximate surface area is 113 Å². The molecule has 0 atom stereocenters. The van der Waals surface area contributed by atoms with Crippen LogP contribution in [0.4, 0.5) is 5.82 Å². The van der Waals surface area contributed by atoms with Gasteiger partial charge in [-0.15, -0.1) is 0 Å². The Hall–Kier alpha value is -1.41. The van der Waals surface area contributed by atoms with Crippen molar-refractivity contribution >= 4 is 31.8 Å². The van der Waals surface area contributed by atoms with Crippen LogP contribution in [0.2, 0.25) is 0 Å². The number of anilines is 1. The van der Waals surface area contributed by atoms with E-state index in [1.165, 1.54) is 12.4 Å². The van der Waals surface area contributed by atoms with E-state index in [9.17, 15) is 8.42 Å². The van der Waals surface area contributed by atoms with Crippen LogP contribution in [-0.2, 0) is 17.1 Å². The summed E-state index contributed by atoms with van der Waals surface area (Å²) in [6.45, 7) is 1.73. The fourth-order valence-corrected chi connectivity index (χ4v) is 2.85. The number of nitrogens with zero attached hydrogens (tertiary/aromatic N) is 3. The quantitative estimate of drug-likeness (QED) is 0.928. The fraction of sp³-hybridized carbons (Fsp3) is 0.200. The van der Waals surface area contributed by atoms with Gasteiger partial charge in [-0.2, -0.15) is 8.42 Å². The lowest BCUT2D eigenvalue weighted by atomic mass is 10.5. The molecule has 2 heterocycles. The van der Waals surface area contributed by atoms with E-state index in [4.69, 9.17) is 0 Å². The van der Waals surface area contributed by atoms with Crippen molar-refractivity contribution in [3.63, 3.8) is 0 Å². The predicted molar refractivity (Wildman–Crippen MR) is 70.7 cm³/mol. The smallest absolute Gasteiger partial charge is 0.282 e. The summed E-state index contributed by atoms with van der Waals surface area (Å²) < 4.78 is 28.7. The second-order valence-corrected chi connectivity index (χ2v) is 6.16. The molecule has 8 heteroatoms. The van der Waals surface area contributed by atoms with Gasteiger partial charge in [-0.05, 0) is 35.0 Å². The molecule has 0 fully saturated rings. The van der Waals surface area contributed by atoms with E-state index in [0.29, 0.717) is 10.3 Å². The fourth-order valence-electron chi connectivity index (χ4n) is 1.30. The van der Waals surface area contributed by atoms with E-state index in [-0.39, 0.29) is 10.8 Å². The molecule has 2 aromatic heterocycles. The molecule has 2 rings (SSSR count). The molecular weight excluding hydrogens is 320 g/mol. The number of rotatable bonds is 3. The number of aryl methyl sites for hydroxylation is 2. The van der Waals surface area contributed by atoms with Crippen LogP contribution in [0.5, 0.6) is 0 Å². The van der Waals surface area contributed by atoms with Gasteiger partial charge in [0.2, 0.25) is 0 Å². The van der Waals surface area contributed by atoms with Crippen molar-refractivity contribution in [1.82, 2.24) is 14.5 Å². The van der Waals surface area contributed by atoms with Crippen LogP contribution in [0.15, 0.2) is 34.0 Å². The van der Waals surface area contributed by atoms with Crippen molar-refractivity contribution in [1.29, 1.82) is 0 Å². The number of nitrogens with one attached hydrogen (secondary N) is 1. The second kappa shape index (κ2) is 4.69. The molecule has 0 unspecified atom stereocenters. The minimum atomic E-state index is -3.71. The van der Waals surface area contributed by atoms with Crippen molar-refractivity contribution in [2.45, 2.75) is 11.9 Å². The number of sulfonamides is 1. The van der Waals surface area contributed by atoms with Gasteiger partial charge >= 0.3 is 0 Å². The van der Waals surface area contributed by atoms with E-state index in [2.05, 4.69) is 30.6 Å². The van der Waals surface area contributed by atoms with E-state index >= 15 is 0 Å². The molecule has 0 aliphatic carbocycles. The molecule has 0 amide bonds. The van der Waals surface area contributed by atoms with Gasteiger partial charge < -0.3 is 4.57 Å². The third-order valence-corrected chi connectivity index (χ3v) is 4.20. The molecule has 0 saturated heterocycles. The van der Waals surface area contributed by atoms with Gasteiger partial charge in [-0.25, -0.2) is 9.97 Å². The summed E-state index contributed by atoms with van der Waals surface area (Å²) in [4.78, 5) is 7.92. The Morgan fingerprint density at radius 1 is 1.44 bits per heavy atom. The average molecular weight is 331 g/mol. The average Bonchev–Trinajstić information content (AvgIpc) is 2.63. The zero-order chi connectivity index (χ0) is 13.3. The lowest BCUT2D eigenvalue weighted by molar-refractivity contribution is 0.597. The minimum absolute atomic E-state index is 0.0277. The summed E-state index contributed by atoms with van der Waals surface area (Å²) in [7, 11) is -1.98. The third-order valence-electron chi connectivity index (χ3n) is 2.35. The first-order chi connectivity index (χ1) is 8.40. The van der Waals surface area contributed by atoms with Crippen LogP contribution in [-0.4, -0.2) is 23.0 Å². The van der Waals surface area contributed by atoms with Gasteiger partial charge in [-0.1, -0.05) is 0 Å². The highest BCUT2D eigenvalue weighted by molar-refractivity contribution is 9.10. The molecule has 0 saturated carbocycles. The summed E-state index contributed by atoms with van der Waals surface area (Å²) in [5.74, 6) is 0.858. The highest BCUT2D eigenvalue weighted by Crippen LogP contribution is 2.21. The molecule has 1 N–H and O–H groups in total. The Morgan fingerprint density at radius 2 is 2.17 bits per heavy atom. The first kappa shape index (κ1) is 13.0. The second-order valence-electron chi connectivity index (χ2n) is 3.68. The molecule has 2 aromatic rings. The summed E-state index contributed by atoms with van der Waals surface area (Å²) >= 11 is 3.23. The standard InChI is InChI=1S/C10H11BrN4O2S/c1-7-13-9(6-15(7)2)18(16,17)14-10-8(11)4-3-5-12-10/h3-6H,1-2H3,(H,12,14). The van der Waals surface area contributed by atoms with Gasteiger partial charge in [0.05, 0.1) is 4.47 Å². The van der Waals surface area contributed by atoms with Crippen LogP contribution in [0, 0.1) is 6.92 Å². The molecular formula is C10H11BrN4O2S. The van der Waals surface area contributed by atoms with Crippen molar-refractivity contribution in [3.8, 4) is 0 Å². The largest absolute Gasteiger partial charge is 0.337 e. The zero-order valence-electron chi connectivity index (χ0n) is 9.75. The Bertz CT molecular complexity index is 661. The highest BCUT2D eigenvalue weighted by Gasteiger charge is 2.20. The molecule has 0 aromatic carbocycles. The van der Waals surface area contributed by atoms with Gasteiger partial charge in [0, 0.05) is 19.4 Å². The van der Waals surface area contributed by atoms with E-state index in [1.54, 1.807) is 30.7 Å². The maximum absolute atomic E-state index is 12.1. The van der Waals surface area contributed by atoms with Crippen molar-refractivity contribution in [3.05, 3.63) is 34.8 Å². The monoisotopic (exact) mass is 330 g/mol. The number of hydrogen-bond donors (Lipinski definition) is 1. The van der Waals surface area contributed by atoms with E-state index < -0.39 is 10.0 Å². The minimum Gasteiger partial charge on any atom is -0.337 e. The van der Waals surface area contributed by atoms with Crippen LogP contribution < -0.4 is 4.72 Å². The Kier molecular flexibility index (Phi) is 3.40. The Balaban J connectivity index is 2.36. The van der Waals surface area contributed by atoms with Crippen molar-refractivity contribution in [2.75, 3.05) is 4.72 Å². The van der Waals surface area contributed by atoms with Gasteiger partial charge in [0.25, 0.3) is 10.0 Å². The predicted octanol–water partition coefficient (Wildman–Crippen LogP) is 1.69. The number of aromatic nitrogens is 3. The van der Waals surface area contributed by atoms with Crippen LogP contribution >= 0.6 is 15.9 Å². The summed E-state index contributed by atoms with van der Waals surface area (Å²) in [5, 5.41) is -0.0277. The number of halogens is 1. The number of hydrogen-bond acceptors (Lipinski definition) is 4. The van der Waals surface area contributed by atoms with Gasteiger partial charge in [0.15, 0.2) is 10.8 Å². The summed E-state index contributed by atoms with van der Waals surface area (Å²) in [5.41, 5.74) is 0. The molecule has 0 spiro atoms. The lowest BCUT2D eigenvalue weighted by Crippen LogP contribution is -2.14. The highest BCUT2D eigenvalue weighted by atomic mass is 79.9. The first-order valence-corrected chi connectivity index (χ1v) is 7.31. The van der Waals surface area contributed by atoms with E-state index in [1.807, 2.05) is 0 Å².